The van der Waals surface area contributed by atoms with Gasteiger partial charge in [-0.1, -0.05) is 30.3 Å². The molecule has 0 saturated carbocycles. The highest BCUT2D eigenvalue weighted by Crippen LogP contribution is 2.33. The third kappa shape index (κ3) is 2.26. The van der Waals surface area contributed by atoms with Crippen LogP contribution in [0.4, 0.5) is 8.78 Å². The zero-order valence-electron chi connectivity index (χ0n) is 10.5. The molecule has 1 heterocycles. The van der Waals surface area contributed by atoms with E-state index in [9.17, 15) is 8.78 Å². The lowest BCUT2D eigenvalue weighted by atomic mass is 9.71. The second-order valence-electron chi connectivity index (χ2n) is 5.16. The van der Waals surface area contributed by atoms with Crippen LogP contribution in [-0.4, -0.2) is 13.1 Å². The summed E-state index contributed by atoms with van der Waals surface area (Å²) in [5.41, 5.74) is 1.67. The maximum atomic E-state index is 13.8. The van der Waals surface area contributed by atoms with Crippen LogP contribution in [0.15, 0.2) is 48.5 Å². The van der Waals surface area contributed by atoms with Gasteiger partial charge in [0.15, 0.2) is 0 Å². The third-order valence-corrected chi connectivity index (χ3v) is 3.87. The Labute approximate surface area is 111 Å². The van der Waals surface area contributed by atoms with Gasteiger partial charge >= 0.3 is 0 Å². The van der Waals surface area contributed by atoms with Gasteiger partial charge in [-0.25, -0.2) is 8.78 Å². The van der Waals surface area contributed by atoms with Crippen molar-refractivity contribution < 1.29 is 8.78 Å². The minimum absolute atomic E-state index is 0.115. The molecule has 1 aliphatic heterocycles. The fourth-order valence-corrected chi connectivity index (χ4v) is 2.67. The van der Waals surface area contributed by atoms with Crippen molar-refractivity contribution in [2.24, 2.45) is 0 Å². The molecular formula is C16H15F2N. The lowest BCUT2D eigenvalue weighted by Gasteiger charge is -2.43. The van der Waals surface area contributed by atoms with Crippen LogP contribution in [0.5, 0.6) is 0 Å². The molecular weight excluding hydrogens is 244 g/mol. The molecule has 98 valence electrons. The molecule has 0 unspecified atom stereocenters. The van der Waals surface area contributed by atoms with E-state index < -0.39 is 0 Å². The molecule has 0 radical (unpaired) electrons. The van der Waals surface area contributed by atoms with Crippen LogP contribution in [0.25, 0.3) is 0 Å². The van der Waals surface area contributed by atoms with Gasteiger partial charge in [-0.2, -0.15) is 0 Å². The van der Waals surface area contributed by atoms with Crippen molar-refractivity contribution in [1.82, 2.24) is 5.32 Å². The summed E-state index contributed by atoms with van der Waals surface area (Å²) in [7, 11) is 0. The van der Waals surface area contributed by atoms with Gasteiger partial charge in [0, 0.05) is 18.5 Å². The van der Waals surface area contributed by atoms with Gasteiger partial charge in [0.1, 0.15) is 11.6 Å². The highest BCUT2D eigenvalue weighted by atomic mass is 19.1. The molecule has 1 nitrogen and oxygen atoms in total. The van der Waals surface area contributed by atoms with E-state index >= 15 is 0 Å². The molecule has 0 amide bonds. The highest BCUT2D eigenvalue weighted by molar-refractivity contribution is 5.34. The second-order valence-corrected chi connectivity index (χ2v) is 5.16. The van der Waals surface area contributed by atoms with Gasteiger partial charge in [0.25, 0.3) is 0 Å². The van der Waals surface area contributed by atoms with Gasteiger partial charge in [0.05, 0.1) is 0 Å². The average Bonchev–Trinajstić information content (AvgIpc) is 2.37. The monoisotopic (exact) mass is 259 g/mol. The number of hydrogen-bond donors (Lipinski definition) is 1. The summed E-state index contributed by atoms with van der Waals surface area (Å²) in [4.78, 5) is 0. The van der Waals surface area contributed by atoms with Crippen LogP contribution < -0.4 is 5.32 Å². The van der Waals surface area contributed by atoms with Crippen molar-refractivity contribution in [3.63, 3.8) is 0 Å². The fourth-order valence-electron chi connectivity index (χ4n) is 2.67. The largest absolute Gasteiger partial charge is 0.315 e. The normalized spacial score (nSPS) is 16.9. The Morgan fingerprint density at radius 3 is 2.21 bits per heavy atom. The van der Waals surface area contributed by atoms with E-state index in [4.69, 9.17) is 0 Å². The van der Waals surface area contributed by atoms with Crippen molar-refractivity contribution in [2.45, 2.75) is 11.8 Å². The Morgan fingerprint density at radius 1 is 0.947 bits per heavy atom. The van der Waals surface area contributed by atoms with Crippen LogP contribution >= 0.6 is 0 Å². The van der Waals surface area contributed by atoms with Gasteiger partial charge in [-0.05, 0) is 35.7 Å². The minimum Gasteiger partial charge on any atom is -0.315 e. The predicted molar refractivity (Wildman–Crippen MR) is 71.1 cm³/mol. The van der Waals surface area contributed by atoms with E-state index in [0.717, 1.165) is 18.7 Å². The number of hydrogen-bond acceptors (Lipinski definition) is 1. The van der Waals surface area contributed by atoms with E-state index in [1.807, 2.05) is 12.1 Å². The van der Waals surface area contributed by atoms with Gasteiger partial charge in [-0.3, -0.25) is 0 Å². The number of rotatable bonds is 3. The van der Waals surface area contributed by atoms with E-state index in [-0.39, 0.29) is 17.0 Å². The van der Waals surface area contributed by atoms with Crippen molar-refractivity contribution in [2.75, 3.05) is 13.1 Å². The fraction of sp³-hybridized carbons (Fsp3) is 0.250. The van der Waals surface area contributed by atoms with Crippen LogP contribution in [0.1, 0.15) is 11.1 Å². The van der Waals surface area contributed by atoms with Crippen molar-refractivity contribution >= 4 is 0 Å². The standard InChI is InChI=1S/C16H15F2N/c17-14-7-5-13(6-8-14)16(10-19-11-16)9-12-3-1-2-4-15(12)18/h1-8,19H,9-11H2. The van der Waals surface area contributed by atoms with Crippen LogP contribution in [-0.2, 0) is 11.8 Å². The predicted octanol–water partition coefficient (Wildman–Crippen LogP) is 3.05. The van der Waals surface area contributed by atoms with Gasteiger partial charge in [-0.15, -0.1) is 0 Å². The SMILES string of the molecule is Fc1ccc(C2(Cc3ccccc3F)CNC2)cc1. The van der Waals surface area contributed by atoms with E-state index in [1.54, 1.807) is 18.2 Å². The molecule has 0 spiro atoms. The Morgan fingerprint density at radius 2 is 1.63 bits per heavy atom. The molecule has 0 aromatic heterocycles. The zero-order valence-corrected chi connectivity index (χ0v) is 10.5. The summed E-state index contributed by atoms with van der Waals surface area (Å²) in [6.45, 7) is 1.60. The Hall–Kier alpha value is -1.74. The molecule has 0 atom stereocenters. The highest BCUT2D eigenvalue weighted by Gasteiger charge is 2.39. The molecule has 1 N–H and O–H groups in total. The average molecular weight is 259 g/mol. The second kappa shape index (κ2) is 4.74. The maximum absolute atomic E-state index is 13.8. The Balaban J connectivity index is 1.92. The molecule has 1 fully saturated rings. The molecule has 3 heteroatoms. The molecule has 2 aromatic rings. The number of benzene rings is 2. The summed E-state index contributed by atoms with van der Waals surface area (Å²) in [6.07, 6.45) is 0.637. The molecule has 1 aliphatic rings. The summed E-state index contributed by atoms with van der Waals surface area (Å²) < 4.78 is 26.8. The quantitative estimate of drug-likeness (QED) is 0.893. The van der Waals surface area contributed by atoms with E-state index in [1.165, 1.54) is 18.2 Å². The number of nitrogens with one attached hydrogen (secondary N) is 1. The summed E-state index contributed by atoms with van der Waals surface area (Å²) in [5, 5.41) is 3.24. The first-order valence-electron chi connectivity index (χ1n) is 6.40. The van der Waals surface area contributed by atoms with Crippen molar-refractivity contribution in [3.8, 4) is 0 Å². The molecule has 1 saturated heterocycles. The van der Waals surface area contributed by atoms with Crippen LogP contribution in [0.3, 0.4) is 0 Å². The summed E-state index contributed by atoms with van der Waals surface area (Å²) in [5.74, 6) is -0.409. The summed E-state index contributed by atoms with van der Waals surface area (Å²) in [6, 6.07) is 13.4. The molecule has 0 bridgehead atoms. The first-order chi connectivity index (χ1) is 9.20. The van der Waals surface area contributed by atoms with Crippen molar-refractivity contribution in [1.29, 1.82) is 0 Å². The topological polar surface area (TPSA) is 12.0 Å². The van der Waals surface area contributed by atoms with Gasteiger partial charge in [0.2, 0.25) is 0 Å². The Bertz CT molecular complexity index is 574. The summed E-state index contributed by atoms with van der Waals surface area (Å²) >= 11 is 0. The molecule has 19 heavy (non-hydrogen) atoms. The lowest BCUT2D eigenvalue weighted by molar-refractivity contribution is 0.272. The smallest absolute Gasteiger partial charge is 0.126 e. The maximum Gasteiger partial charge on any atom is 0.126 e. The van der Waals surface area contributed by atoms with E-state index in [0.29, 0.717) is 12.0 Å². The van der Waals surface area contributed by atoms with Gasteiger partial charge < -0.3 is 5.32 Å². The zero-order chi connectivity index (χ0) is 13.3. The number of halogens is 2. The molecule has 3 rings (SSSR count). The molecule has 2 aromatic carbocycles. The van der Waals surface area contributed by atoms with Crippen molar-refractivity contribution in [3.05, 3.63) is 71.3 Å². The minimum atomic E-state index is -0.239. The lowest BCUT2D eigenvalue weighted by Crippen LogP contribution is -2.58. The van der Waals surface area contributed by atoms with E-state index in [2.05, 4.69) is 5.32 Å². The third-order valence-electron chi connectivity index (χ3n) is 3.87. The Kier molecular flexibility index (Phi) is 3.07. The first-order valence-corrected chi connectivity index (χ1v) is 6.40. The molecule has 0 aliphatic carbocycles. The first kappa shape index (κ1) is 12.3. The van der Waals surface area contributed by atoms with Crippen LogP contribution in [0.2, 0.25) is 0 Å². The van der Waals surface area contributed by atoms with Crippen LogP contribution in [0, 0.1) is 11.6 Å².